The Morgan fingerprint density at radius 2 is 1.96 bits per heavy atom. The fourth-order valence-corrected chi connectivity index (χ4v) is 4.28. The van der Waals surface area contributed by atoms with Gasteiger partial charge in [-0.3, -0.25) is 14.4 Å². The zero-order chi connectivity index (χ0) is 17.2. The molecule has 1 saturated carbocycles. The third-order valence-corrected chi connectivity index (χ3v) is 5.33. The van der Waals surface area contributed by atoms with Gasteiger partial charge in [-0.2, -0.15) is 0 Å². The Labute approximate surface area is 141 Å². The maximum Gasteiger partial charge on any atom is 0.306 e. The largest absolute Gasteiger partial charge is 0.481 e. The van der Waals surface area contributed by atoms with E-state index in [0.717, 1.165) is 0 Å². The van der Waals surface area contributed by atoms with Gasteiger partial charge in [0.2, 0.25) is 11.8 Å². The third-order valence-electron chi connectivity index (χ3n) is 4.32. The van der Waals surface area contributed by atoms with Crippen LogP contribution in [-0.2, 0) is 14.4 Å². The molecule has 2 amide bonds. The molecule has 0 spiro atoms. The molecule has 0 aromatic rings. The molecule has 0 radical (unpaired) electrons. The predicted molar refractivity (Wildman–Crippen MR) is 88.9 cm³/mol. The van der Waals surface area contributed by atoms with Crippen LogP contribution in [0.3, 0.4) is 0 Å². The lowest BCUT2D eigenvalue weighted by Gasteiger charge is -2.27. The molecule has 7 heteroatoms. The lowest BCUT2D eigenvalue weighted by molar-refractivity contribution is -0.141. The summed E-state index contributed by atoms with van der Waals surface area (Å²) in [7, 11) is 0. The van der Waals surface area contributed by atoms with Crippen molar-refractivity contribution in [3.8, 4) is 0 Å². The lowest BCUT2D eigenvalue weighted by atomic mass is 9.91. The number of nitrogens with zero attached hydrogens (tertiary/aromatic N) is 1. The maximum atomic E-state index is 12.5. The van der Waals surface area contributed by atoms with Crippen LogP contribution in [0.2, 0.25) is 0 Å². The summed E-state index contributed by atoms with van der Waals surface area (Å²) in [5, 5.41) is 12.0. The van der Waals surface area contributed by atoms with E-state index in [1.165, 1.54) is 0 Å². The number of thioether (sulfide) groups is 1. The van der Waals surface area contributed by atoms with Gasteiger partial charge in [0.25, 0.3) is 0 Å². The van der Waals surface area contributed by atoms with Gasteiger partial charge >= 0.3 is 5.97 Å². The zero-order valence-electron chi connectivity index (χ0n) is 14.0. The van der Waals surface area contributed by atoms with Crippen LogP contribution in [0.1, 0.15) is 46.5 Å². The smallest absolute Gasteiger partial charge is 0.306 e. The fraction of sp³-hybridized carbons (Fsp3) is 0.812. The molecule has 1 heterocycles. The molecule has 1 saturated heterocycles. The predicted octanol–water partition coefficient (Wildman–Crippen LogP) is 1.69. The molecule has 1 aliphatic heterocycles. The topological polar surface area (TPSA) is 86.7 Å². The van der Waals surface area contributed by atoms with Crippen LogP contribution < -0.4 is 5.32 Å². The fourth-order valence-electron chi connectivity index (χ4n) is 3.10. The van der Waals surface area contributed by atoms with Gasteiger partial charge in [-0.25, -0.2) is 0 Å². The molecule has 23 heavy (non-hydrogen) atoms. The highest BCUT2D eigenvalue weighted by Crippen LogP contribution is 2.28. The van der Waals surface area contributed by atoms with E-state index in [0.29, 0.717) is 37.3 Å². The van der Waals surface area contributed by atoms with Gasteiger partial charge in [0, 0.05) is 18.2 Å². The van der Waals surface area contributed by atoms with Gasteiger partial charge in [0.15, 0.2) is 0 Å². The van der Waals surface area contributed by atoms with Crippen molar-refractivity contribution < 1.29 is 19.5 Å². The molecule has 0 aromatic carbocycles. The Kier molecular flexibility index (Phi) is 5.60. The van der Waals surface area contributed by atoms with Crippen molar-refractivity contribution >= 4 is 29.5 Å². The molecule has 2 N–H and O–H groups in total. The van der Waals surface area contributed by atoms with E-state index in [4.69, 9.17) is 5.11 Å². The highest BCUT2D eigenvalue weighted by Gasteiger charge is 2.38. The number of hydrogen-bond acceptors (Lipinski definition) is 4. The van der Waals surface area contributed by atoms with Crippen molar-refractivity contribution in [3.63, 3.8) is 0 Å². The monoisotopic (exact) mass is 342 g/mol. The summed E-state index contributed by atoms with van der Waals surface area (Å²) in [6, 6.07) is -0.521. The quantitative estimate of drug-likeness (QED) is 0.812. The minimum absolute atomic E-state index is 0.0116. The summed E-state index contributed by atoms with van der Waals surface area (Å²) in [5.41, 5.74) is -0.106. The van der Waals surface area contributed by atoms with E-state index < -0.39 is 12.0 Å². The summed E-state index contributed by atoms with van der Waals surface area (Å²) in [4.78, 5) is 37.6. The van der Waals surface area contributed by atoms with Crippen molar-refractivity contribution in [2.45, 2.75) is 58.5 Å². The summed E-state index contributed by atoms with van der Waals surface area (Å²) >= 11 is 1.59. The molecule has 1 unspecified atom stereocenters. The van der Waals surface area contributed by atoms with Crippen LogP contribution >= 0.6 is 11.8 Å². The van der Waals surface area contributed by atoms with Crippen molar-refractivity contribution in [1.29, 1.82) is 0 Å². The molecular weight excluding hydrogens is 316 g/mol. The lowest BCUT2D eigenvalue weighted by Crippen LogP contribution is -2.50. The summed E-state index contributed by atoms with van der Waals surface area (Å²) in [6.45, 7) is 6.02. The first-order valence-electron chi connectivity index (χ1n) is 8.08. The van der Waals surface area contributed by atoms with Crippen molar-refractivity contribution in [1.82, 2.24) is 10.2 Å². The Morgan fingerprint density at radius 3 is 2.52 bits per heavy atom. The molecule has 0 bridgehead atoms. The molecule has 1 aliphatic carbocycles. The van der Waals surface area contributed by atoms with Gasteiger partial charge in [-0.15, -0.1) is 11.8 Å². The molecule has 6 nitrogen and oxygen atoms in total. The van der Waals surface area contributed by atoms with Gasteiger partial charge in [0.1, 0.15) is 6.04 Å². The molecule has 130 valence electrons. The molecule has 0 aromatic heterocycles. The molecule has 2 fully saturated rings. The number of amides is 2. The number of hydrogen-bond donors (Lipinski definition) is 2. The van der Waals surface area contributed by atoms with Crippen LogP contribution in [0.5, 0.6) is 0 Å². The van der Waals surface area contributed by atoms with Crippen molar-refractivity contribution in [3.05, 3.63) is 0 Å². The average Bonchev–Trinajstić information content (AvgIpc) is 3.04. The van der Waals surface area contributed by atoms with Gasteiger partial charge in [-0.1, -0.05) is 20.8 Å². The van der Waals surface area contributed by atoms with E-state index in [1.54, 1.807) is 16.7 Å². The van der Waals surface area contributed by atoms with Crippen LogP contribution in [0, 0.1) is 11.3 Å². The second kappa shape index (κ2) is 7.11. The second-order valence-electron chi connectivity index (χ2n) is 7.67. The summed E-state index contributed by atoms with van der Waals surface area (Å²) < 4.78 is 0. The Hall–Kier alpha value is -1.24. The second-order valence-corrected chi connectivity index (χ2v) is 8.67. The van der Waals surface area contributed by atoms with Crippen LogP contribution in [0.4, 0.5) is 0 Å². The normalized spacial score (nSPS) is 28.0. The van der Waals surface area contributed by atoms with E-state index >= 15 is 0 Å². The summed E-state index contributed by atoms with van der Waals surface area (Å²) in [6.07, 6.45) is 2.20. The number of carbonyl (C=O) groups excluding carboxylic acids is 2. The minimum Gasteiger partial charge on any atom is -0.481 e. The molecular formula is C16H26N2O4S. The van der Waals surface area contributed by atoms with Gasteiger partial charge in [-0.05, 0) is 24.7 Å². The van der Waals surface area contributed by atoms with Gasteiger partial charge in [0.05, 0.1) is 11.8 Å². The Balaban J connectivity index is 1.91. The van der Waals surface area contributed by atoms with Crippen LogP contribution in [0.15, 0.2) is 0 Å². The van der Waals surface area contributed by atoms with Crippen molar-refractivity contribution in [2.24, 2.45) is 11.3 Å². The first-order valence-corrected chi connectivity index (χ1v) is 9.23. The van der Waals surface area contributed by atoms with Crippen LogP contribution in [0.25, 0.3) is 0 Å². The molecule has 3 atom stereocenters. The first-order chi connectivity index (χ1) is 10.7. The highest BCUT2D eigenvalue weighted by atomic mass is 32.2. The van der Waals surface area contributed by atoms with E-state index in [-0.39, 0.29) is 29.2 Å². The van der Waals surface area contributed by atoms with Gasteiger partial charge < -0.3 is 15.3 Å². The molecule has 2 aliphatic rings. The highest BCUT2D eigenvalue weighted by molar-refractivity contribution is 7.99. The van der Waals surface area contributed by atoms with Crippen LogP contribution in [-0.4, -0.2) is 51.5 Å². The number of aliphatic carboxylic acids is 1. The summed E-state index contributed by atoms with van der Waals surface area (Å²) in [5.74, 6) is -0.130. The van der Waals surface area contributed by atoms with E-state index in [9.17, 15) is 14.4 Å². The Morgan fingerprint density at radius 1 is 1.26 bits per heavy atom. The number of nitrogens with one attached hydrogen (secondary N) is 1. The number of carboxylic acid groups (broad SMARTS) is 1. The molecule has 2 rings (SSSR count). The first kappa shape index (κ1) is 18.1. The SMILES string of the molecule is CC(C)(C)CC(=O)N1CSCC1C(=O)N[C@H]1CC[C@@H](C(=O)O)C1. The zero-order valence-corrected chi connectivity index (χ0v) is 14.8. The minimum atomic E-state index is -0.792. The number of carbonyl (C=O) groups is 3. The standard InChI is InChI=1S/C16H26N2O4S/c1-16(2,3)7-13(19)18-9-23-8-12(18)14(20)17-11-5-4-10(6-11)15(21)22/h10-12H,4-9H2,1-3H3,(H,17,20)(H,21,22)/t10-,11+,12?/m1/s1. The number of rotatable bonds is 4. The van der Waals surface area contributed by atoms with Crippen molar-refractivity contribution in [2.75, 3.05) is 11.6 Å². The maximum absolute atomic E-state index is 12.5. The Bertz CT molecular complexity index is 489. The van der Waals surface area contributed by atoms with E-state index in [1.807, 2.05) is 20.8 Å². The van der Waals surface area contributed by atoms with E-state index in [2.05, 4.69) is 5.32 Å². The third kappa shape index (κ3) is 4.86. The number of carboxylic acids is 1. The average molecular weight is 342 g/mol.